The maximum absolute atomic E-state index is 6.30. The van der Waals surface area contributed by atoms with E-state index in [1.807, 2.05) is 12.1 Å². The van der Waals surface area contributed by atoms with Crippen LogP contribution in [-0.2, 0) is 14.9 Å². The molecule has 0 bridgehead atoms. The summed E-state index contributed by atoms with van der Waals surface area (Å²) >= 11 is 0. The summed E-state index contributed by atoms with van der Waals surface area (Å²) in [6, 6.07) is 21.0. The molecule has 2 aliphatic rings. The van der Waals surface area contributed by atoms with Gasteiger partial charge in [0.05, 0.1) is 12.1 Å². The second-order valence-corrected chi connectivity index (χ2v) is 8.60. The summed E-state index contributed by atoms with van der Waals surface area (Å²) in [5.74, 6) is 2.20. The van der Waals surface area contributed by atoms with Crippen LogP contribution in [0.2, 0.25) is 0 Å². The fourth-order valence-corrected chi connectivity index (χ4v) is 4.00. The highest BCUT2D eigenvalue weighted by molar-refractivity contribution is 6.15. The van der Waals surface area contributed by atoms with Crippen molar-refractivity contribution in [2.75, 3.05) is 13.2 Å². The Morgan fingerprint density at radius 3 is 1.38 bits per heavy atom. The lowest BCUT2D eigenvalue weighted by atomic mass is 9.73. The van der Waals surface area contributed by atoms with Gasteiger partial charge in [0.15, 0.2) is 5.41 Å². The van der Waals surface area contributed by atoms with Gasteiger partial charge in [-0.15, -0.1) is 0 Å². The molecule has 2 aliphatic heterocycles. The summed E-state index contributed by atoms with van der Waals surface area (Å²) in [6.45, 7) is 9.93. The van der Waals surface area contributed by atoms with Crippen LogP contribution in [-0.4, -0.2) is 37.1 Å². The van der Waals surface area contributed by atoms with Gasteiger partial charge in [0.1, 0.15) is 13.2 Å². The highest BCUT2D eigenvalue weighted by Crippen LogP contribution is 2.41. The molecule has 0 saturated heterocycles. The van der Waals surface area contributed by atoms with Crippen molar-refractivity contribution in [2.45, 2.75) is 45.2 Å². The molecule has 4 nitrogen and oxygen atoms in total. The van der Waals surface area contributed by atoms with Crippen molar-refractivity contribution in [1.29, 1.82) is 0 Å². The minimum absolute atomic E-state index is 0.139. The van der Waals surface area contributed by atoms with Crippen molar-refractivity contribution in [1.82, 2.24) is 0 Å². The van der Waals surface area contributed by atoms with E-state index >= 15 is 0 Å². The Hall–Kier alpha value is -2.62. The predicted octanol–water partition coefficient (Wildman–Crippen LogP) is 4.88. The molecule has 0 spiro atoms. The summed E-state index contributed by atoms with van der Waals surface area (Å²) in [6.07, 6.45) is 0. The lowest BCUT2D eigenvalue weighted by molar-refractivity contribution is 0.263. The number of rotatable bonds is 6. The maximum atomic E-state index is 6.30. The van der Waals surface area contributed by atoms with Crippen LogP contribution < -0.4 is 0 Å². The number of aliphatic imine (C=N–C) groups is 2. The standard InChI is InChI=1S/C25H30N2O2/c1-17(2)21-15-28-23(26-21)25(19-11-7-5-8-12-19,20-13-9-6-10-14-20)24-27-22(16-29-24)18(3)4/h5-14,17-18,21-22H,15-16H2,1-4H3/t21-,22-/m1/s1. The summed E-state index contributed by atoms with van der Waals surface area (Å²) < 4.78 is 12.6. The minimum Gasteiger partial charge on any atom is -0.477 e. The minimum atomic E-state index is -0.768. The smallest absolute Gasteiger partial charge is 0.209 e. The summed E-state index contributed by atoms with van der Waals surface area (Å²) in [4.78, 5) is 10.1. The lowest BCUT2D eigenvalue weighted by Crippen LogP contribution is -2.45. The highest BCUT2D eigenvalue weighted by Gasteiger charge is 2.52. The van der Waals surface area contributed by atoms with Crippen LogP contribution in [0, 0.1) is 11.8 Å². The molecular weight excluding hydrogens is 360 g/mol. The van der Waals surface area contributed by atoms with Crippen molar-refractivity contribution in [2.24, 2.45) is 21.8 Å². The summed E-state index contributed by atoms with van der Waals surface area (Å²) in [7, 11) is 0. The Labute approximate surface area is 173 Å². The average Bonchev–Trinajstić information content (AvgIpc) is 3.41. The van der Waals surface area contributed by atoms with Crippen LogP contribution in [0.4, 0.5) is 0 Å². The second kappa shape index (κ2) is 8.02. The molecule has 0 radical (unpaired) electrons. The van der Waals surface area contributed by atoms with Crippen LogP contribution in [0.3, 0.4) is 0 Å². The molecule has 2 aromatic carbocycles. The Balaban J connectivity index is 1.97. The zero-order valence-electron chi connectivity index (χ0n) is 17.7. The molecule has 29 heavy (non-hydrogen) atoms. The lowest BCUT2D eigenvalue weighted by Gasteiger charge is -2.33. The average molecular weight is 391 g/mol. The molecule has 0 amide bonds. The molecule has 0 aromatic heterocycles. The predicted molar refractivity (Wildman–Crippen MR) is 118 cm³/mol. The Morgan fingerprint density at radius 2 is 1.07 bits per heavy atom. The molecule has 152 valence electrons. The number of hydrogen-bond donors (Lipinski definition) is 0. The van der Waals surface area contributed by atoms with Gasteiger partial charge in [-0.25, -0.2) is 9.98 Å². The summed E-state index contributed by atoms with van der Waals surface area (Å²) in [5.41, 5.74) is 1.37. The monoisotopic (exact) mass is 390 g/mol. The van der Waals surface area contributed by atoms with Crippen LogP contribution >= 0.6 is 0 Å². The Kier molecular flexibility index (Phi) is 5.44. The number of nitrogens with zero attached hydrogens (tertiary/aromatic N) is 2. The molecule has 4 heteroatoms. The largest absolute Gasteiger partial charge is 0.477 e. The van der Waals surface area contributed by atoms with E-state index in [0.29, 0.717) is 36.8 Å². The van der Waals surface area contributed by atoms with Gasteiger partial charge in [-0.1, -0.05) is 88.4 Å². The first kappa shape index (κ1) is 19.7. The van der Waals surface area contributed by atoms with E-state index in [2.05, 4.69) is 76.2 Å². The molecule has 0 unspecified atom stereocenters. The van der Waals surface area contributed by atoms with Gasteiger partial charge in [0, 0.05) is 0 Å². The Morgan fingerprint density at radius 1 is 0.690 bits per heavy atom. The molecule has 0 fully saturated rings. The number of hydrogen-bond acceptors (Lipinski definition) is 4. The third kappa shape index (κ3) is 3.45. The summed E-state index contributed by atoms with van der Waals surface area (Å²) in [5, 5.41) is 0. The Bertz CT molecular complexity index is 812. The van der Waals surface area contributed by atoms with E-state index in [1.54, 1.807) is 0 Å². The van der Waals surface area contributed by atoms with Gasteiger partial charge in [-0.2, -0.15) is 0 Å². The topological polar surface area (TPSA) is 43.2 Å². The van der Waals surface area contributed by atoms with Crippen LogP contribution in [0.15, 0.2) is 70.6 Å². The SMILES string of the molecule is CC(C)[C@H]1COC(C(C2=N[C@@H](C(C)C)CO2)(c2ccccc2)c2ccccc2)=N1. The molecule has 2 heterocycles. The van der Waals surface area contributed by atoms with Crippen molar-refractivity contribution in [3.8, 4) is 0 Å². The normalized spacial score (nSPS) is 21.7. The van der Waals surface area contributed by atoms with E-state index < -0.39 is 5.41 Å². The first-order valence-electron chi connectivity index (χ1n) is 10.6. The van der Waals surface area contributed by atoms with E-state index in [0.717, 1.165) is 11.1 Å². The highest BCUT2D eigenvalue weighted by atomic mass is 16.5. The number of ether oxygens (including phenoxy) is 2. The molecule has 2 aromatic rings. The van der Waals surface area contributed by atoms with E-state index in [4.69, 9.17) is 19.5 Å². The fraction of sp³-hybridized carbons (Fsp3) is 0.440. The molecule has 0 saturated carbocycles. The van der Waals surface area contributed by atoms with Gasteiger partial charge in [0.2, 0.25) is 11.8 Å². The molecule has 4 rings (SSSR count). The zero-order chi connectivity index (χ0) is 20.4. The zero-order valence-corrected chi connectivity index (χ0v) is 17.7. The molecule has 0 N–H and O–H groups in total. The van der Waals surface area contributed by atoms with Crippen LogP contribution in [0.1, 0.15) is 38.8 Å². The van der Waals surface area contributed by atoms with Gasteiger partial charge in [0.25, 0.3) is 0 Å². The van der Waals surface area contributed by atoms with Crippen molar-refractivity contribution < 1.29 is 9.47 Å². The van der Waals surface area contributed by atoms with Crippen molar-refractivity contribution in [3.63, 3.8) is 0 Å². The van der Waals surface area contributed by atoms with E-state index in [-0.39, 0.29) is 12.1 Å². The van der Waals surface area contributed by atoms with E-state index in [1.165, 1.54) is 0 Å². The third-order valence-electron chi connectivity index (χ3n) is 5.94. The molecule has 0 aliphatic carbocycles. The van der Waals surface area contributed by atoms with Gasteiger partial charge >= 0.3 is 0 Å². The van der Waals surface area contributed by atoms with Crippen molar-refractivity contribution in [3.05, 3.63) is 71.8 Å². The molecule has 2 atom stereocenters. The first-order valence-corrected chi connectivity index (χ1v) is 10.6. The second-order valence-electron chi connectivity index (χ2n) is 8.60. The van der Waals surface area contributed by atoms with E-state index in [9.17, 15) is 0 Å². The maximum Gasteiger partial charge on any atom is 0.209 e. The number of benzene rings is 2. The van der Waals surface area contributed by atoms with Crippen LogP contribution in [0.5, 0.6) is 0 Å². The van der Waals surface area contributed by atoms with Crippen LogP contribution in [0.25, 0.3) is 0 Å². The van der Waals surface area contributed by atoms with Gasteiger partial charge < -0.3 is 9.47 Å². The van der Waals surface area contributed by atoms with Gasteiger partial charge in [-0.05, 0) is 23.0 Å². The quantitative estimate of drug-likeness (QED) is 0.705. The van der Waals surface area contributed by atoms with Crippen molar-refractivity contribution >= 4 is 11.8 Å². The molecular formula is C25H30N2O2. The first-order chi connectivity index (χ1) is 14.0. The third-order valence-corrected chi connectivity index (χ3v) is 5.94. The van der Waals surface area contributed by atoms with Gasteiger partial charge in [-0.3, -0.25) is 0 Å². The fourth-order valence-electron chi connectivity index (χ4n) is 4.00.